The lowest BCUT2D eigenvalue weighted by molar-refractivity contribution is 0.0427. The molecule has 0 spiro atoms. The van der Waals surface area contributed by atoms with Gasteiger partial charge in [-0.3, -0.25) is 9.80 Å². The van der Waals surface area contributed by atoms with E-state index in [4.69, 9.17) is 0 Å². The number of hydrogen-bond acceptors (Lipinski definition) is 4. The zero-order chi connectivity index (χ0) is 11.6. The molecular weight excluding hydrogens is 240 g/mol. The molecule has 4 bridgehead atoms. The Hall–Kier alpha value is -0.210. The standard InChI is InChI=1S/C10H18N4O2S/c15-17(16)13-5-11-6-14(17)8-12(7-13)10-4-2-1-3-9(10)11/h9-10H,1-8H2/t9-,10-/m1/s1. The molecule has 0 N–H and O–H groups in total. The summed E-state index contributed by atoms with van der Waals surface area (Å²) in [5.74, 6) is 0. The number of hydrogen-bond donors (Lipinski definition) is 0. The van der Waals surface area contributed by atoms with Crippen molar-refractivity contribution in [3.8, 4) is 0 Å². The molecule has 4 saturated heterocycles. The van der Waals surface area contributed by atoms with Gasteiger partial charge in [-0.05, 0) is 12.8 Å². The summed E-state index contributed by atoms with van der Waals surface area (Å²) in [6.07, 6.45) is 5.03. The van der Waals surface area contributed by atoms with Crippen LogP contribution in [0.3, 0.4) is 0 Å². The Bertz CT molecular complexity index is 394. The molecule has 17 heavy (non-hydrogen) atoms. The van der Waals surface area contributed by atoms with E-state index in [0.717, 1.165) is 0 Å². The maximum absolute atomic E-state index is 12.1. The van der Waals surface area contributed by atoms with Gasteiger partial charge in [0, 0.05) is 12.1 Å². The van der Waals surface area contributed by atoms with Crippen LogP contribution in [-0.2, 0) is 10.2 Å². The molecule has 0 unspecified atom stereocenters. The van der Waals surface area contributed by atoms with Gasteiger partial charge in [0.15, 0.2) is 0 Å². The quantitative estimate of drug-likeness (QED) is 0.594. The largest absolute Gasteiger partial charge is 0.286 e. The van der Waals surface area contributed by atoms with Crippen LogP contribution in [0.5, 0.6) is 0 Å². The second-order valence-corrected chi connectivity index (χ2v) is 7.50. The van der Waals surface area contributed by atoms with Crippen molar-refractivity contribution in [1.29, 1.82) is 0 Å². The van der Waals surface area contributed by atoms with Gasteiger partial charge in [0.2, 0.25) is 0 Å². The molecule has 5 rings (SSSR count). The highest BCUT2D eigenvalue weighted by molar-refractivity contribution is 7.86. The highest BCUT2D eigenvalue weighted by Gasteiger charge is 2.51. The van der Waals surface area contributed by atoms with Crippen molar-refractivity contribution in [3.05, 3.63) is 0 Å². The molecule has 0 aromatic rings. The van der Waals surface area contributed by atoms with Gasteiger partial charge in [0.25, 0.3) is 10.2 Å². The van der Waals surface area contributed by atoms with Crippen molar-refractivity contribution in [1.82, 2.24) is 18.4 Å². The second-order valence-electron chi connectivity index (χ2n) is 5.57. The van der Waals surface area contributed by atoms with Crippen LogP contribution in [0, 0.1) is 0 Å². The van der Waals surface area contributed by atoms with E-state index < -0.39 is 10.2 Å². The van der Waals surface area contributed by atoms with Gasteiger partial charge >= 0.3 is 0 Å². The lowest BCUT2D eigenvalue weighted by atomic mass is 9.89. The van der Waals surface area contributed by atoms with E-state index in [1.54, 1.807) is 8.61 Å². The average Bonchev–Trinajstić information content (AvgIpc) is 2.49. The Morgan fingerprint density at radius 2 is 1.18 bits per heavy atom. The molecule has 5 aliphatic rings. The summed E-state index contributed by atoms with van der Waals surface area (Å²) in [6, 6.07) is 1.13. The molecule has 0 aromatic carbocycles. The summed E-state index contributed by atoms with van der Waals surface area (Å²) in [5, 5.41) is 0. The zero-order valence-corrected chi connectivity index (χ0v) is 10.6. The highest BCUT2D eigenvalue weighted by atomic mass is 32.2. The first-order valence-electron chi connectivity index (χ1n) is 6.39. The molecule has 6 nitrogen and oxygen atoms in total. The van der Waals surface area contributed by atoms with Crippen molar-refractivity contribution in [3.63, 3.8) is 0 Å². The van der Waals surface area contributed by atoms with Crippen molar-refractivity contribution in [2.45, 2.75) is 37.8 Å². The molecular formula is C10H18N4O2S. The topological polar surface area (TPSA) is 47.1 Å². The van der Waals surface area contributed by atoms with Crippen LogP contribution in [0.4, 0.5) is 0 Å². The SMILES string of the molecule is O=S1(=O)N2CN3CN1CN(C2)[C@@H]1CCCC[C@H]13. The Morgan fingerprint density at radius 1 is 0.765 bits per heavy atom. The van der Waals surface area contributed by atoms with Crippen molar-refractivity contribution in [2.24, 2.45) is 0 Å². The predicted molar refractivity (Wildman–Crippen MR) is 61.8 cm³/mol. The average molecular weight is 258 g/mol. The fraction of sp³-hybridized carbons (Fsp3) is 1.00. The minimum absolute atomic E-state index is 0.564. The van der Waals surface area contributed by atoms with Gasteiger partial charge in [0.05, 0.1) is 26.7 Å². The van der Waals surface area contributed by atoms with Gasteiger partial charge in [-0.2, -0.15) is 17.0 Å². The molecule has 1 saturated carbocycles. The van der Waals surface area contributed by atoms with Crippen LogP contribution >= 0.6 is 0 Å². The van der Waals surface area contributed by atoms with Gasteiger partial charge in [-0.1, -0.05) is 12.8 Å². The van der Waals surface area contributed by atoms with E-state index in [1.165, 1.54) is 25.7 Å². The molecule has 2 atom stereocenters. The molecule has 5 fully saturated rings. The maximum Gasteiger partial charge on any atom is 0.286 e. The molecule has 0 aromatic heterocycles. The first-order chi connectivity index (χ1) is 8.16. The summed E-state index contributed by atoms with van der Waals surface area (Å²) in [6.45, 7) is 2.38. The van der Waals surface area contributed by atoms with E-state index >= 15 is 0 Å². The van der Waals surface area contributed by atoms with E-state index in [0.29, 0.717) is 38.8 Å². The smallest absolute Gasteiger partial charge is 0.271 e. The van der Waals surface area contributed by atoms with Gasteiger partial charge in [-0.25, -0.2) is 0 Å². The van der Waals surface area contributed by atoms with Crippen LogP contribution < -0.4 is 0 Å². The van der Waals surface area contributed by atoms with E-state index in [2.05, 4.69) is 9.80 Å². The van der Waals surface area contributed by atoms with Crippen LogP contribution in [0.25, 0.3) is 0 Å². The Kier molecular flexibility index (Phi) is 2.15. The lowest BCUT2D eigenvalue weighted by Crippen LogP contribution is -2.63. The van der Waals surface area contributed by atoms with Gasteiger partial charge < -0.3 is 0 Å². The Balaban J connectivity index is 1.76. The summed E-state index contributed by atoms with van der Waals surface area (Å²) in [5.41, 5.74) is 0. The fourth-order valence-corrected chi connectivity index (χ4v) is 5.31. The molecule has 1 aliphatic carbocycles. The Labute approximate surface area is 102 Å². The summed E-state index contributed by atoms with van der Waals surface area (Å²) >= 11 is 0. The minimum atomic E-state index is -3.15. The third-order valence-electron chi connectivity index (χ3n) is 4.64. The third kappa shape index (κ3) is 1.37. The van der Waals surface area contributed by atoms with Gasteiger partial charge in [-0.15, -0.1) is 0 Å². The molecule has 0 amide bonds. The van der Waals surface area contributed by atoms with Gasteiger partial charge in [0.1, 0.15) is 0 Å². The fourth-order valence-electron chi connectivity index (χ4n) is 3.81. The van der Waals surface area contributed by atoms with Crippen LogP contribution in [-0.4, -0.2) is 65.6 Å². The van der Waals surface area contributed by atoms with E-state index in [9.17, 15) is 8.42 Å². The first kappa shape index (κ1) is 10.7. The zero-order valence-electron chi connectivity index (χ0n) is 9.83. The molecule has 4 heterocycles. The van der Waals surface area contributed by atoms with E-state index in [1.807, 2.05) is 0 Å². The molecule has 7 heteroatoms. The third-order valence-corrected chi connectivity index (χ3v) is 6.41. The highest BCUT2D eigenvalue weighted by Crippen LogP contribution is 2.37. The monoisotopic (exact) mass is 258 g/mol. The molecule has 4 aliphatic heterocycles. The second kappa shape index (κ2) is 3.42. The maximum atomic E-state index is 12.1. The molecule has 96 valence electrons. The Morgan fingerprint density at radius 3 is 1.59 bits per heavy atom. The summed E-state index contributed by atoms with van der Waals surface area (Å²) < 4.78 is 27.5. The normalized spacial score (nSPS) is 55.3. The van der Waals surface area contributed by atoms with Crippen molar-refractivity contribution in [2.75, 3.05) is 26.7 Å². The first-order valence-corrected chi connectivity index (χ1v) is 7.79. The van der Waals surface area contributed by atoms with Crippen LogP contribution in [0.2, 0.25) is 0 Å². The number of nitrogens with zero attached hydrogens (tertiary/aromatic N) is 4. The predicted octanol–water partition coefficient (Wildman–Crippen LogP) is -0.379. The minimum Gasteiger partial charge on any atom is -0.271 e. The summed E-state index contributed by atoms with van der Waals surface area (Å²) in [7, 11) is -3.15. The van der Waals surface area contributed by atoms with Crippen LogP contribution in [0.1, 0.15) is 25.7 Å². The van der Waals surface area contributed by atoms with Crippen molar-refractivity contribution >= 4 is 10.2 Å². The van der Waals surface area contributed by atoms with E-state index in [-0.39, 0.29) is 0 Å². The van der Waals surface area contributed by atoms with Crippen LogP contribution in [0.15, 0.2) is 0 Å². The molecule has 0 radical (unpaired) electrons. The van der Waals surface area contributed by atoms with Crippen molar-refractivity contribution < 1.29 is 8.42 Å². The lowest BCUT2D eigenvalue weighted by Gasteiger charge is -2.44. The summed E-state index contributed by atoms with van der Waals surface area (Å²) in [4.78, 5) is 4.72. The number of rotatable bonds is 0.